The molecular formula is C26H30FN3O3. The number of hydrogen-bond donors (Lipinski definition) is 0. The Morgan fingerprint density at radius 1 is 1.15 bits per heavy atom. The van der Waals surface area contributed by atoms with Crippen molar-refractivity contribution < 1.29 is 18.7 Å². The molecule has 2 aromatic rings. The molecule has 0 N–H and O–H groups in total. The molecule has 2 aliphatic heterocycles. The van der Waals surface area contributed by atoms with Crippen LogP contribution in [0, 0.1) is 12.7 Å². The van der Waals surface area contributed by atoms with E-state index in [1.807, 2.05) is 42.2 Å². The molecule has 7 heteroatoms. The minimum Gasteiger partial charge on any atom is -0.465 e. The standard InChI is InChI=1S/C26H30FN3O3/c1-3-33-26(32)23-9-4-5-14-29(23)17-25(31)30-24(19-12-10-18(2)11-13-19)16-22(28-30)20-7-6-8-21(27)15-20/h6-8,10-13,15,23-24H,3-5,9,14,16-17H2,1-2H3/t23-,24-/m0/s1. The van der Waals surface area contributed by atoms with Crippen LogP contribution in [0.25, 0.3) is 0 Å². The van der Waals surface area contributed by atoms with Crippen molar-refractivity contribution in [2.45, 2.75) is 51.6 Å². The molecule has 1 saturated heterocycles. The Labute approximate surface area is 194 Å². The highest BCUT2D eigenvalue weighted by molar-refractivity contribution is 6.03. The number of carbonyl (C=O) groups is 2. The van der Waals surface area contributed by atoms with Crippen LogP contribution in [0.3, 0.4) is 0 Å². The number of esters is 1. The average Bonchev–Trinajstić information content (AvgIpc) is 3.26. The number of halogens is 1. The van der Waals surface area contributed by atoms with E-state index in [-0.39, 0.29) is 30.3 Å². The van der Waals surface area contributed by atoms with Crippen molar-refractivity contribution in [1.82, 2.24) is 9.91 Å². The first-order chi connectivity index (χ1) is 16.0. The van der Waals surface area contributed by atoms with E-state index in [1.165, 1.54) is 17.1 Å². The molecule has 2 aromatic carbocycles. The van der Waals surface area contributed by atoms with Crippen LogP contribution in [-0.4, -0.2) is 53.2 Å². The second-order valence-electron chi connectivity index (χ2n) is 8.66. The molecule has 1 fully saturated rings. The topological polar surface area (TPSA) is 62.2 Å². The second kappa shape index (κ2) is 10.3. The zero-order valence-electron chi connectivity index (χ0n) is 19.2. The molecule has 2 heterocycles. The Bertz CT molecular complexity index is 1040. The van der Waals surface area contributed by atoms with Crippen LogP contribution in [0.15, 0.2) is 53.6 Å². The first-order valence-corrected chi connectivity index (χ1v) is 11.6. The molecule has 0 aliphatic carbocycles. The minimum atomic E-state index is -0.408. The largest absolute Gasteiger partial charge is 0.465 e. The SMILES string of the molecule is CCOC(=O)[C@@H]1CCCCN1CC(=O)N1N=C(c2cccc(F)c2)C[C@H]1c1ccc(C)cc1. The van der Waals surface area contributed by atoms with Crippen LogP contribution in [-0.2, 0) is 14.3 Å². The van der Waals surface area contributed by atoms with E-state index in [0.717, 1.165) is 24.0 Å². The number of amides is 1. The number of nitrogens with zero attached hydrogens (tertiary/aromatic N) is 3. The van der Waals surface area contributed by atoms with Gasteiger partial charge in [0.25, 0.3) is 5.91 Å². The molecule has 6 nitrogen and oxygen atoms in total. The highest BCUT2D eigenvalue weighted by Gasteiger charge is 2.37. The molecule has 174 valence electrons. The van der Waals surface area contributed by atoms with Gasteiger partial charge in [-0.25, -0.2) is 9.40 Å². The van der Waals surface area contributed by atoms with Gasteiger partial charge in [-0.3, -0.25) is 14.5 Å². The summed E-state index contributed by atoms with van der Waals surface area (Å²) in [6, 6.07) is 13.7. The second-order valence-corrected chi connectivity index (χ2v) is 8.66. The third-order valence-electron chi connectivity index (χ3n) is 6.30. The Kier molecular flexibility index (Phi) is 7.18. The predicted octanol–water partition coefficient (Wildman–Crippen LogP) is 4.23. The number of hydrogen-bond acceptors (Lipinski definition) is 5. The third-order valence-corrected chi connectivity index (χ3v) is 6.30. The maximum atomic E-state index is 13.8. The van der Waals surface area contributed by atoms with Gasteiger partial charge in [-0.1, -0.05) is 48.4 Å². The van der Waals surface area contributed by atoms with Crippen molar-refractivity contribution in [2.75, 3.05) is 19.7 Å². The van der Waals surface area contributed by atoms with Crippen molar-refractivity contribution in [1.29, 1.82) is 0 Å². The number of likely N-dealkylation sites (tertiary alicyclic amines) is 1. The normalized spacial score (nSPS) is 21.1. The van der Waals surface area contributed by atoms with Crippen LogP contribution in [0.1, 0.15) is 55.3 Å². The first kappa shape index (κ1) is 23.1. The van der Waals surface area contributed by atoms with E-state index < -0.39 is 6.04 Å². The van der Waals surface area contributed by atoms with Crippen LogP contribution in [0.2, 0.25) is 0 Å². The van der Waals surface area contributed by atoms with E-state index in [0.29, 0.717) is 37.3 Å². The van der Waals surface area contributed by atoms with Crippen LogP contribution in [0.5, 0.6) is 0 Å². The lowest BCUT2D eigenvalue weighted by atomic mass is 9.97. The number of rotatable bonds is 6. The van der Waals surface area contributed by atoms with Crippen molar-refractivity contribution >= 4 is 17.6 Å². The molecule has 0 spiro atoms. The number of aryl methyl sites for hydroxylation is 1. The molecule has 0 saturated carbocycles. The molecule has 0 aromatic heterocycles. The van der Waals surface area contributed by atoms with Crippen molar-refractivity contribution in [3.05, 3.63) is 71.0 Å². The minimum absolute atomic E-state index is 0.0891. The van der Waals surface area contributed by atoms with Gasteiger partial charge in [0.15, 0.2) is 0 Å². The van der Waals surface area contributed by atoms with Gasteiger partial charge in [-0.2, -0.15) is 5.10 Å². The molecule has 2 atom stereocenters. The summed E-state index contributed by atoms with van der Waals surface area (Å²) in [5.41, 5.74) is 3.45. The van der Waals surface area contributed by atoms with Crippen LogP contribution < -0.4 is 0 Å². The van der Waals surface area contributed by atoms with E-state index in [2.05, 4.69) is 5.10 Å². The molecule has 0 unspecified atom stereocenters. The molecule has 0 bridgehead atoms. The molecule has 1 amide bonds. The van der Waals surface area contributed by atoms with Crippen LogP contribution >= 0.6 is 0 Å². The van der Waals surface area contributed by atoms with Gasteiger partial charge in [-0.15, -0.1) is 0 Å². The Morgan fingerprint density at radius 2 is 1.94 bits per heavy atom. The average molecular weight is 452 g/mol. The van der Waals surface area contributed by atoms with E-state index in [9.17, 15) is 14.0 Å². The van der Waals surface area contributed by atoms with Gasteiger partial charge in [0.05, 0.1) is 24.9 Å². The highest BCUT2D eigenvalue weighted by Crippen LogP contribution is 2.33. The number of carbonyl (C=O) groups excluding carboxylic acids is 2. The fraction of sp³-hybridized carbons (Fsp3) is 0.423. The third kappa shape index (κ3) is 5.30. The lowest BCUT2D eigenvalue weighted by Crippen LogP contribution is -2.49. The molecule has 4 rings (SSSR count). The van der Waals surface area contributed by atoms with Crippen molar-refractivity contribution in [2.24, 2.45) is 5.10 Å². The number of benzene rings is 2. The summed E-state index contributed by atoms with van der Waals surface area (Å²) in [6.45, 7) is 4.88. The van der Waals surface area contributed by atoms with E-state index in [1.54, 1.807) is 13.0 Å². The smallest absolute Gasteiger partial charge is 0.323 e. The van der Waals surface area contributed by atoms with Gasteiger partial charge in [0, 0.05) is 12.0 Å². The Hall–Kier alpha value is -3.06. The first-order valence-electron chi connectivity index (χ1n) is 11.6. The maximum absolute atomic E-state index is 13.8. The van der Waals surface area contributed by atoms with Gasteiger partial charge in [0.1, 0.15) is 11.9 Å². The summed E-state index contributed by atoms with van der Waals surface area (Å²) in [6.07, 6.45) is 3.05. The maximum Gasteiger partial charge on any atom is 0.323 e. The Morgan fingerprint density at radius 3 is 2.67 bits per heavy atom. The quantitative estimate of drug-likeness (QED) is 0.617. The lowest BCUT2D eigenvalue weighted by molar-refractivity contribution is -0.152. The fourth-order valence-corrected chi connectivity index (χ4v) is 4.56. The van der Waals surface area contributed by atoms with Crippen LogP contribution in [0.4, 0.5) is 4.39 Å². The Balaban J connectivity index is 1.59. The zero-order valence-corrected chi connectivity index (χ0v) is 19.2. The molecule has 2 aliphatic rings. The monoisotopic (exact) mass is 451 g/mol. The highest BCUT2D eigenvalue weighted by atomic mass is 19.1. The number of ether oxygens (including phenoxy) is 1. The summed E-state index contributed by atoms with van der Waals surface area (Å²) in [5, 5.41) is 6.16. The van der Waals surface area contributed by atoms with Crippen molar-refractivity contribution in [3.63, 3.8) is 0 Å². The molecule has 33 heavy (non-hydrogen) atoms. The zero-order chi connectivity index (χ0) is 23.4. The van der Waals surface area contributed by atoms with E-state index in [4.69, 9.17) is 4.74 Å². The summed E-state index contributed by atoms with van der Waals surface area (Å²) in [5.74, 6) is -0.786. The van der Waals surface area contributed by atoms with Gasteiger partial charge in [0.2, 0.25) is 0 Å². The summed E-state index contributed by atoms with van der Waals surface area (Å²) >= 11 is 0. The molecular weight excluding hydrogens is 421 g/mol. The van der Waals surface area contributed by atoms with E-state index >= 15 is 0 Å². The molecule has 0 radical (unpaired) electrons. The summed E-state index contributed by atoms with van der Waals surface area (Å²) in [7, 11) is 0. The number of piperidine rings is 1. The van der Waals surface area contributed by atoms with Gasteiger partial charge in [-0.05, 0) is 50.9 Å². The lowest BCUT2D eigenvalue weighted by Gasteiger charge is -2.34. The van der Waals surface area contributed by atoms with Gasteiger partial charge >= 0.3 is 5.97 Å². The van der Waals surface area contributed by atoms with Crippen molar-refractivity contribution in [3.8, 4) is 0 Å². The number of hydrazone groups is 1. The summed E-state index contributed by atoms with van der Waals surface area (Å²) < 4.78 is 19.1. The fourth-order valence-electron chi connectivity index (χ4n) is 4.56. The van der Waals surface area contributed by atoms with Gasteiger partial charge < -0.3 is 4.74 Å². The predicted molar refractivity (Wildman–Crippen MR) is 124 cm³/mol. The summed E-state index contributed by atoms with van der Waals surface area (Å²) in [4.78, 5) is 27.8.